The van der Waals surface area contributed by atoms with Crippen LogP contribution in [0.4, 0.5) is 0 Å². The van der Waals surface area contributed by atoms with E-state index in [0.29, 0.717) is 12.2 Å². The van der Waals surface area contributed by atoms with Gasteiger partial charge in [0.25, 0.3) is 0 Å². The Morgan fingerprint density at radius 2 is 1.88 bits per heavy atom. The van der Waals surface area contributed by atoms with Crippen LogP contribution in [-0.2, 0) is 11.2 Å². The Balaban J connectivity index is 1.94. The number of hydrogen-bond acceptors (Lipinski definition) is 3. The van der Waals surface area contributed by atoms with Crippen LogP contribution in [0.5, 0.6) is 5.75 Å². The van der Waals surface area contributed by atoms with E-state index in [2.05, 4.69) is 4.89 Å². The first-order chi connectivity index (χ1) is 7.79. The molecule has 0 atom stereocenters. The third-order valence-corrected chi connectivity index (χ3v) is 2.84. The van der Waals surface area contributed by atoms with E-state index in [1.807, 2.05) is 4.90 Å². The van der Waals surface area contributed by atoms with Gasteiger partial charge in [0.1, 0.15) is 0 Å². The molecule has 1 aliphatic rings. The van der Waals surface area contributed by atoms with Crippen molar-refractivity contribution in [2.24, 2.45) is 0 Å². The summed E-state index contributed by atoms with van der Waals surface area (Å²) in [5, 5.41) is 8.41. The van der Waals surface area contributed by atoms with Crippen LogP contribution >= 0.6 is 0 Å². The van der Waals surface area contributed by atoms with Crippen LogP contribution in [0, 0.1) is 0 Å². The molecule has 1 amide bonds. The number of nitrogens with zero attached hydrogens (tertiary/aromatic N) is 1. The Bertz CT molecular complexity index is 355. The van der Waals surface area contributed by atoms with Crippen molar-refractivity contribution >= 4 is 5.91 Å². The van der Waals surface area contributed by atoms with E-state index in [9.17, 15) is 4.79 Å². The van der Waals surface area contributed by atoms with Crippen molar-refractivity contribution in [3.8, 4) is 5.75 Å². The predicted molar refractivity (Wildman–Crippen MR) is 59.2 cm³/mol. The topological polar surface area (TPSA) is 49.8 Å². The Morgan fingerprint density at radius 1 is 1.25 bits per heavy atom. The highest BCUT2D eigenvalue weighted by atomic mass is 17.1. The third-order valence-electron chi connectivity index (χ3n) is 2.84. The molecule has 0 unspecified atom stereocenters. The Hall–Kier alpha value is -1.55. The largest absolute Gasteiger partial charge is 0.342 e. The Morgan fingerprint density at radius 3 is 2.44 bits per heavy atom. The second-order valence-electron chi connectivity index (χ2n) is 4.00. The van der Waals surface area contributed by atoms with E-state index in [1.165, 1.54) is 0 Å². The summed E-state index contributed by atoms with van der Waals surface area (Å²) in [6, 6.07) is 6.87. The van der Waals surface area contributed by atoms with Gasteiger partial charge in [0.15, 0.2) is 5.75 Å². The van der Waals surface area contributed by atoms with Gasteiger partial charge < -0.3 is 9.79 Å². The zero-order valence-electron chi connectivity index (χ0n) is 9.06. The summed E-state index contributed by atoms with van der Waals surface area (Å²) in [7, 11) is 0. The third kappa shape index (κ3) is 2.52. The summed E-state index contributed by atoms with van der Waals surface area (Å²) in [6.45, 7) is 1.77. The van der Waals surface area contributed by atoms with E-state index < -0.39 is 0 Å². The van der Waals surface area contributed by atoms with Gasteiger partial charge in [-0.25, -0.2) is 5.26 Å². The maximum absolute atomic E-state index is 11.8. The monoisotopic (exact) mass is 221 g/mol. The number of likely N-dealkylation sites (tertiary alicyclic amines) is 1. The van der Waals surface area contributed by atoms with E-state index in [-0.39, 0.29) is 5.91 Å². The lowest BCUT2D eigenvalue weighted by atomic mass is 10.1. The van der Waals surface area contributed by atoms with Crippen molar-refractivity contribution in [1.29, 1.82) is 0 Å². The van der Waals surface area contributed by atoms with E-state index >= 15 is 0 Å². The van der Waals surface area contributed by atoms with Gasteiger partial charge in [0.2, 0.25) is 5.91 Å². The molecule has 4 heteroatoms. The molecule has 1 aromatic carbocycles. The molecule has 0 aromatic heterocycles. The highest BCUT2D eigenvalue weighted by Gasteiger charge is 2.17. The van der Waals surface area contributed by atoms with Crippen molar-refractivity contribution in [3.05, 3.63) is 29.8 Å². The minimum Gasteiger partial charge on any atom is -0.342 e. The molecule has 86 valence electrons. The van der Waals surface area contributed by atoms with E-state index in [4.69, 9.17) is 5.26 Å². The molecular formula is C12H15NO3. The molecule has 1 aliphatic heterocycles. The smallest absolute Gasteiger partial charge is 0.226 e. The van der Waals surface area contributed by atoms with Crippen LogP contribution in [0.1, 0.15) is 18.4 Å². The summed E-state index contributed by atoms with van der Waals surface area (Å²) in [4.78, 5) is 17.8. The lowest BCUT2D eigenvalue weighted by molar-refractivity contribution is -0.137. The molecular weight excluding hydrogens is 206 g/mol. The number of amides is 1. The van der Waals surface area contributed by atoms with Gasteiger partial charge in [-0.2, -0.15) is 0 Å². The summed E-state index contributed by atoms with van der Waals surface area (Å²) < 4.78 is 0. The molecule has 1 N–H and O–H groups in total. The molecule has 0 bridgehead atoms. The number of benzene rings is 1. The first-order valence-electron chi connectivity index (χ1n) is 5.48. The first kappa shape index (κ1) is 11.0. The van der Waals surface area contributed by atoms with Gasteiger partial charge >= 0.3 is 0 Å². The van der Waals surface area contributed by atoms with Crippen molar-refractivity contribution < 1.29 is 14.9 Å². The highest BCUT2D eigenvalue weighted by molar-refractivity contribution is 5.79. The first-order valence-corrected chi connectivity index (χ1v) is 5.48. The standard InChI is InChI=1S/C12H15NO3/c14-12(13-7-1-2-8-13)9-10-3-5-11(16-15)6-4-10/h3-6,15H,1-2,7-9H2. The molecule has 0 saturated carbocycles. The molecule has 0 spiro atoms. The minimum atomic E-state index is 0.176. The molecule has 2 rings (SSSR count). The number of carbonyl (C=O) groups excluding carboxylic acids is 1. The molecule has 1 saturated heterocycles. The summed E-state index contributed by atoms with van der Waals surface area (Å²) >= 11 is 0. The lowest BCUT2D eigenvalue weighted by Gasteiger charge is -2.14. The number of rotatable bonds is 3. The summed E-state index contributed by atoms with van der Waals surface area (Å²) in [5.74, 6) is 0.563. The van der Waals surface area contributed by atoms with Gasteiger partial charge in [0.05, 0.1) is 6.42 Å². The fourth-order valence-corrected chi connectivity index (χ4v) is 1.92. The second-order valence-corrected chi connectivity index (χ2v) is 4.00. The molecule has 0 radical (unpaired) electrons. The molecule has 1 aromatic rings. The highest BCUT2D eigenvalue weighted by Crippen LogP contribution is 2.14. The van der Waals surface area contributed by atoms with Gasteiger partial charge in [-0.1, -0.05) is 12.1 Å². The Kier molecular flexibility index (Phi) is 3.41. The van der Waals surface area contributed by atoms with Crippen LogP contribution in [0.3, 0.4) is 0 Å². The molecule has 0 aliphatic carbocycles. The quantitative estimate of drug-likeness (QED) is 0.624. The SMILES string of the molecule is O=C(Cc1ccc(OO)cc1)N1CCCC1. The van der Waals surface area contributed by atoms with Gasteiger partial charge in [-0.05, 0) is 30.5 Å². The van der Waals surface area contributed by atoms with Crippen molar-refractivity contribution in [1.82, 2.24) is 4.90 Å². The van der Waals surface area contributed by atoms with Crippen LogP contribution < -0.4 is 4.89 Å². The Labute approximate surface area is 94.4 Å². The number of hydrogen-bond donors (Lipinski definition) is 1. The maximum Gasteiger partial charge on any atom is 0.226 e. The van der Waals surface area contributed by atoms with Gasteiger partial charge in [-0.15, -0.1) is 0 Å². The fraction of sp³-hybridized carbons (Fsp3) is 0.417. The fourth-order valence-electron chi connectivity index (χ4n) is 1.92. The van der Waals surface area contributed by atoms with Crippen LogP contribution in [0.25, 0.3) is 0 Å². The minimum absolute atomic E-state index is 0.176. The maximum atomic E-state index is 11.8. The average molecular weight is 221 g/mol. The van der Waals surface area contributed by atoms with Crippen molar-refractivity contribution in [2.45, 2.75) is 19.3 Å². The summed E-state index contributed by atoms with van der Waals surface area (Å²) in [6.07, 6.45) is 2.65. The number of carbonyl (C=O) groups is 1. The summed E-state index contributed by atoms with van der Waals surface area (Å²) in [5.41, 5.74) is 0.942. The van der Waals surface area contributed by atoms with Gasteiger partial charge in [-0.3, -0.25) is 4.79 Å². The molecule has 1 fully saturated rings. The van der Waals surface area contributed by atoms with Crippen LogP contribution in [-0.4, -0.2) is 29.2 Å². The van der Waals surface area contributed by atoms with Crippen LogP contribution in [0.15, 0.2) is 24.3 Å². The zero-order chi connectivity index (χ0) is 11.4. The average Bonchev–Trinajstić information content (AvgIpc) is 2.83. The zero-order valence-corrected chi connectivity index (χ0v) is 9.06. The molecule has 16 heavy (non-hydrogen) atoms. The predicted octanol–water partition coefficient (Wildman–Crippen LogP) is 1.70. The molecule has 1 heterocycles. The lowest BCUT2D eigenvalue weighted by Crippen LogP contribution is -2.28. The van der Waals surface area contributed by atoms with E-state index in [0.717, 1.165) is 31.5 Å². The normalized spacial score (nSPS) is 15.2. The van der Waals surface area contributed by atoms with E-state index in [1.54, 1.807) is 24.3 Å². The second kappa shape index (κ2) is 4.99. The van der Waals surface area contributed by atoms with Crippen LogP contribution in [0.2, 0.25) is 0 Å². The van der Waals surface area contributed by atoms with Crippen molar-refractivity contribution in [2.75, 3.05) is 13.1 Å². The van der Waals surface area contributed by atoms with Gasteiger partial charge in [0, 0.05) is 13.1 Å². The van der Waals surface area contributed by atoms with Crippen molar-refractivity contribution in [3.63, 3.8) is 0 Å². The molecule has 4 nitrogen and oxygen atoms in total.